The molecule has 0 fully saturated rings. The van der Waals surface area contributed by atoms with Gasteiger partial charge in [-0.3, -0.25) is 13.9 Å². The molecule has 10 heteroatoms. The number of carbonyl (C=O) groups excluding carboxylic acids is 2. The number of anilines is 1. The van der Waals surface area contributed by atoms with E-state index in [0.29, 0.717) is 13.0 Å². The summed E-state index contributed by atoms with van der Waals surface area (Å²) >= 11 is 12.0. The van der Waals surface area contributed by atoms with E-state index in [1.165, 1.54) is 23.1 Å². The predicted octanol–water partition coefficient (Wildman–Crippen LogP) is 3.36. The van der Waals surface area contributed by atoms with Crippen molar-refractivity contribution in [2.24, 2.45) is 0 Å². The van der Waals surface area contributed by atoms with Crippen molar-refractivity contribution in [3.05, 3.63) is 64.1 Å². The Morgan fingerprint density at radius 2 is 1.72 bits per heavy atom. The van der Waals surface area contributed by atoms with Crippen molar-refractivity contribution < 1.29 is 18.0 Å². The van der Waals surface area contributed by atoms with E-state index < -0.39 is 28.5 Å². The Morgan fingerprint density at radius 3 is 2.28 bits per heavy atom. The predicted molar refractivity (Wildman–Crippen MR) is 129 cm³/mol. The lowest BCUT2D eigenvalue weighted by Crippen LogP contribution is -2.52. The highest BCUT2D eigenvalue weighted by Crippen LogP contribution is 2.28. The van der Waals surface area contributed by atoms with Crippen LogP contribution in [0.25, 0.3) is 0 Å². The fraction of sp³-hybridized carbons (Fsp3) is 0.364. The van der Waals surface area contributed by atoms with E-state index in [9.17, 15) is 18.0 Å². The van der Waals surface area contributed by atoms with Gasteiger partial charge in [0.2, 0.25) is 21.8 Å². The number of amides is 2. The Morgan fingerprint density at radius 1 is 1.06 bits per heavy atom. The summed E-state index contributed by atoms with van der Waals surface area (Å²) in [5, 5.41) is 3.15. The van der Waals surface area contributed by atoms with E-state index in [1.54, 1.807) is 13.8 Å². The van der Waals surface area contributed by atoms with Crippen LogP contribution in [0.15, 0.2) is 48.5 Å². The van der Waals surface area contributed by atoms with Gasteiger partial charge in [0.25, 0.3) is 0 Å². The topological polar surface area (TPSA) is 86.8 Å². The Labute approximate surface area is 199 Å². The lowest BCUT2D eigenvalue weighted by molar-refractivity contribution is -0.138. The van der Waals surface area contributed by atoms with E-state index in [2.05, 4.69) is 5.32 Å². The van der Waals surface area contributed by atoms with Crippen LogP contribution >= 0.6 is 23.2 Å². The van der Waals surface area contributed by atoms with Gasteiger partial charge >= 0.3 is 0 Å². The third-order valence-corrected chi connectivity index (χ3v) is 6.75. The zero-order valence-electron chi connectivity index (χ0n) is 18.2. The van der Waals surface area contributed by atoms with Crippen LogP contribution in [0.1, 0.15) is 19.4 Å². The average Bonchev–Trinajstić information content (AvgIpc) is 2.74. The van der Waals surface area contributed by atoms with Crippen molar-refractivity contribution in [2.45, 2.75) is 26.3 Å². The first-order valence-electron chi connectivity index (χ1n) is 10.1. The number of halogens is 2. The van der Waals surface area contributed by atoms with Crippen LogP contribution in [0, 0.1) is 0 Å². The van der Waals surface area contributed by atoms with E-state index >= 15 is 0 Å². The number of benzene rings is 2. The van der Waals surface area contributed by atoms with E-state index in [4.69, 9.17) is 23.2 Å². The van der Waals surface area contributed by atoms with Gasteiger partial charge in [0.05, 0.1) is 22.0 Å². The zero-order valence-corrected chi connectivity index (χ0v) is 20.5. The van der Waals surface area contributed by atoms with Crippen molar-refractivity contribution in [1.82, 2.24) is 10.2 Å². The number of hydrogen-bond donors (Lipinski definition) is 1. The second-order valence-electron chi connectivity index (χ2n) is 7.26. The fourth-order valence-electron chi connectivity index (χ4n) is 3.15. The first-order chi connectivity index (χ1) is 15.0. The van der Waals surface area contributed by atoms with Crippen LogP contribution in [-0.4, -0.2) is 57.1 Å². The molecule has 2 aromatic carbocycles. The smallest absolute Gasteiger partial charge is 0.244 e. The Balaban J connectivity index is 2.31. The third-order valence-electron chi connectivity index (χ3n) is 4.87. The molecule has 0 aliphatic carbocycles. The minimum Gasteiger partial charge on any atom is -0.355 e. The maximum Gasteiger partial charge on any atom is 0.244 e. The first-order valence-corrected chi connectivity index (χ1v) is 12.7. The molecule has 2 aromatic rings. The monoisotopic (exact) mass is 499 g/mol. The second kappa shape index (κ2) is 11.5. The molecule has 1 N–H and O–H groups in total. The molecule has 174 valence electrons. The van der Waals surface area contributed by atoms with E-state index in [1.807, 2.05) is 30.3 Å². The Hall–Kier alpha value is -2.29. The molecule has 2 amide bonds. The summed E-state index contributed by atoms with van der Waals surface area (Å²) in [7, 11) is -3.82. The molecule has 0 saturated heterocycles. The summed E-state index contributed by atoms with van der Waals surface area (Å²) < 4.78 is 25.9. The highest BCUT2D eigenvalue weighted by Gasteiger charge is 2.29. The SMILES string of the molecule is CCNC(=O)[C@@H](C)N(CCc1ccccc1)C(=O)CN(c1ccc(Cl)c(Cl)c1)S(C)(=O)=O. The number of nitrogens with zero attached hydrogens (tertiary/aromatic N) is 2. The molecule has 1 atom stereocenters. The molecule has 7 nitrogen and oxygen atoms in total. The van der Waals surface area contributed by atoms with Crippen LogP contribution in [0.2, 0.25) is 10.0 Å². The quantitative estimate of drug-likeness (QED) is 0.542. The minimum absolute atomic E-state index is 0.168. The van der Waals surface area contributed by atoms with Gasteiger partial charge in [0.1, 0.15) is 12.6 Å². The van der Waals surface area contributed by atoms with Gasteiger partial charge in [0.15, 0.2) is 0 Å². The molecule has 0 heterocycles. The molecule has 2 rings (SSSR count). The highest BCUT2D eigenvalue weighted by molar-refractivity contribution is 7.92. The van der Waals surface area contributed by atoms with Crippen molar-refractivity contribution >= 4 is 50.7 Å². The first kappa shape index (κ1) is 26.0. The molecular weight excluding hydrogens is 473 g/mol. The maximum absolute atomic E-state index is 13.3. The van der Waals surface area contributed by atoms with Crippen molar-refractivity contribution in [2.75, 3.05) is 30.2 Å². The molecular formula is C22H27Cl2N3O4S. The number of likely N-dealkylation sites (N-methyl/N-ethyl adjacent to an activating group) is 1. The number of nitrogens with one attached hydrogen (secondary N) is 1. The van der Waals surface area contributed by atoms with Crippen LogP contribution in [0.5, 0.6) is 0 Å². The summed E-state index contributed by atoms with van der Waals surface area (Å²) in [5.41, 5.74) is 1.21. The Bertz CT molecular complexity index is 1050. The largest absolute Gasteiger partial charge is 0.355 e. The average molecular weight is 500 g/mol. The standard InChI is InChI=1S/C22H27Cl2N3O4S/c1-4-25-22(29)16(2)26(13-12-17-8-6-5-7-9-17)21(28)15-27(32(3,30)31)18-10-11-19(23)20(24)14-18/h5-11,14,16H,4,12-13,15H2,1-3H3,(H,25,29)/t16-/m1/s1. The summed E-state index contributed by atoms with van der Waals surface area (Å²) in [4.78, 5) is 27.1. The maximum atomic E-state index is 13.3. The number of sulfonamides is 1. The van der Waals surface area contributed by atoms with Gasteiger partial charge in [-0.1, -0.05) is 53.5 Å². The molecule has 32 heavy (non-hydrogen) atoms. The molecule has 0 aliphatic heterocycles. The normalized spacial score (nSPS) is 12.2. The minimum atomic E-state index is -3.82. The van der Waals surface area contributed by atoms with Crippen LogP contribution in [-0.2, 0) is 26.0 Å². The van der Waals surface area contributed by atoms with Gasteiger partial charge in [-0.25, -0.2) is 8.42 Å². The summed E-state index contributed by atoms with van der Waals surface area (Å²) in [6.45, 7) is 3.60. The molecule has 0 aliphatic rings. The van der Waals surface area contributed by atoms with Gasteiger partial charge in [-0.15, -0.1) is 0 Å². The van der Waals surface area contributed by atoms with Crippen molar-refractivity contribution in [3.8, 4) is 0 Å². The molecule has 0 radical (unpaired) electrons. The summed E-state index contributed by atoms with van der Waals surface area (Å²) in [6.07, 6.45) is 1.52. The third kappa shape index (κ3) is 7.12. The van der Waals surface area contributed by atoms with Gasteiger partial charge in [-0.2, -0.15) is 0 Å². The zero-order chi connectivity index (χ0) is 23.9. The molecule has 0 spiro atoms. The second-order valence-corrected chi connectivity index (χ2v) is 9.98. The van der Waals surface area contributed by atoms with Crippen molar-refractivity contribution in [3.63, 3.8) is 0 Å². The molecule has 0 saturated carbocycles. The van der Waals surface area contributed by atoms with Crippen LogP contribution in [0.4, 0.5) is 5.69 Å². The lowest BCUT2D eigenvalue weighted by atomic mass is 10.1. The van der Waals surface area contributed by atoms with Crippen LogP contribution in [0.3, 0.4) is 0 Å². The van der Waals surface area contributed by atoms with E-state index in [0.717, 1.165) is 16.1 Å². The summed E-state index contributed by atoms with van der Waals surface area (Å²) in [6, 6.07) is 13.1. The highest BCUT2D eigenvalue weighted by atomic mass is 35.5. The molecule has 0 bridgehead atoms. The van der Waals surface area contributed by atoms with Gasteiger partial charge in [0, 0.05) is 13.1 Å². The summed E-state index contributed by atoms with van der Waals surface area (Å²) in [5.74, 6) is -0.814. The number of rotatable bonds is 10. The molecule has 0 unspecified atom stereocenters. The number of carbonyl (C=O) groups is 2. The van der Waals surface area contributed by atoms with Gasteiger partial charge < -0.3 is 10.2 Å². The Kier molecular flexibility index (Phi) is 9.36. The van der Waals surface area contributed by atoms with Crippen molar-refractivity contribution in [1.29, 1.82) is 0 Å². The fourth-order valence-corrected chi connectivity index (χ4v) is 4.28. The lowest BCUT2D eigenvalue weighted by Gasteiger charge is -2.31. The number of hydrogen-bond acceptors (Lipinski definition) is 4. The molecule has 0 aromatic heterocycles. The van der Waals surface area contributed by atoms with E-state index in [-0.39, 0.29) is 28.2 Å². The van der Waals surface area contributed by atoms with Gasteiger partial charge in [-0.05, 0) is 44.0 Å². The van der Waals surface area contributed by atoms with Crippen LogP contribution < -0.4 is 9.62 Å².